The maximum Gasteiger partial charge on any atom is 0.151 e. The van der Waals surface area contributed by atoms with Gasteiger partial charge in [0.15, 0.2) is 5.65 Å². The lowest BCUT2D eigenvalue weighted by Crippen LogP contribution is -1.80. The molecule has 2 aromatic heterocycles. The van der Waals surface area contributed by atoms with Gasteiger partial charge in [-0.3, -0.25) is 0 Å². The summed E-state index contributed by atoms with van der Waals surface area (Å²) in [5, 5.41) is 0. The summed E-state index contributed by atoms with van der Waals surface area (Å²) in [7, 11) is 0. The maximum atomic E-state index is 5.66. The van der Waals surface area contributed by atoms with Crippen LogP contribution >= 0.6 is 27.5 Å². The molecule has 2 nitrogen and oxygen atoms in total. The molecular formula is C8H6BrClN2. The number of alkyl halides is 1. The Morgan fingerprint density at radius 2 is 2.42 bits per heavy atom. The van der Waals surface area contributed by atoms with Crippen molar-refractivity contribution < 1.29 is 0 Å². The summed E-state index contributed by atoms with van der Waals surface area (Å²) in [6.45, 7) is 0. The first-order valence-corrected chi connectivity index (χ1v) is 4.82. The molecule has 4 heteroatoms. The Morgan fingerprint density at radius 1 is 1.58 bits per heavy atom. The molecule has 0 aromatic carbocycles. The Balaban J connectivity index is 2.74. The lowest BCUT2D eigenvalue weighted by molar-refractivity contribution is 1.18. The third-order valence-corrected chi connectivity index (χ3v) is 2.51. The van der Waals surface area contributed by atoms with Crippen LogP contribution in [0.3, 0.4) is 0 Å². The van der Waals surface area contributed by atoms with Crippen LogP contribution in [-0.4, -0.2) is 9.38 Å². The number of hydrogen-bond donors (Lipinski definition) is 0. The fourth-order valence-electron chi connectivity index (χ4n) is 1.09. The minimum Gasteiger partial charge on any atom is -0.306 e. The molecule has 0 unspecified atom stereocenters. The zero-order valence-electron chi connectivity index (χ0n) is 6.17. The highest BCUT2D eigenvalue weighted by Crippen LogP contribution is 2.17. The first-order valence-electron chi connectivity index (χ1n) is 3.49. The molecule has 62 valence electrons. The van der Waals surface area contributed by atoms with E-state index in [-0.39, 0.29) is 0 Å². The monoisotopic (exact) mass is 244 g/mol. The summed E-state index contributed by atoms with van der Waals surface area (Å²) in [6.07, 6.45) is 3.87. The van der Waals surface area contributed by atoms with E-state index in [0.29, 0.717) is 5.88 Å². The van der Waals surface area contributed by atoms with Crippen LogP contribution in [0.5, 0.6) is 0 Å². The number of imidazole rings is 1. The van der Waals surface area contributed by atoms with Gasteiger partial charge in [0.2, 0.25) is 0 Å². The van der Waals surface area contributed by atoms with Gasteiger partial charge in [0.1, 0.15) is 0 Å². The van der Waals surface area contributed by atoms with E-state index in [4.69, 9.17) is 11.6 Å². The average Bonchev–Trinajstić information content (AvgIpc) is 2.49. The van der Waals surface area contributed by atoms with Crippen molar-refractivity contribution >= 4 is 33.2 Å². The lowest BCUT2D eigenvalue weighted by Gasteiger charge is -1.92. The van der Waals surface area contributed by atoms with E-state index in [1.165, 1.54) is 0 Å². The number of fused-ring (bicyclic) bond motifs is 1. The van der Waals surface area contributed by atoms with Crippen LogP contribution in [0, 0.1) is 0 Å². The second kappa shape index (κ2) is 3.07. The molecule has 2 rings (SSSR count). The van der Waals surface area contributed by atoms with Crippen molar-refractivity contribution in [3.8, 4) is 0 Å². The molecule has 0 spiro atoms. The summed E-state index contributed by atoms with van der Waals surface area (Å²) in [5.74, 6) is 0.453. The quantitative estimate of drug-likeness (QED) is 0.706. The molecule has 0 fully saturated rings. The minimum atomic E-state index is 0.453. The molecule has 0 saturated carbocycles. The van der Waals surface area contributed by atoms with Crippen LogP contribution in [-0.2, 0) is 5.88 Å². The number of halogens is 2. The van der Waals surface area contributed by atoms with Crippen molar-refractivity contribution in [3.63, 3.8) is 0 Å². The summed E-state index contributed by atoms with van der Waals surface area (Å²) in [4.78, 5) is 4.31. The van der Waals surface area contributed by atoms with Gasteiger partial charge in [0, 0.05) is 12.4 Å². The molecule has 2 aromatic rings. The molecule has 0 aliphatic carbocycles. The topological polar surface area (TPSA) is 17.3 Å². The average molecular weight is 246 g/mol. The maximum absolute atomic E-state index is 5.66. The highest BCUT2D eigenvalue weighted by molar-refractivity contribution is 9.10. The SMILES string of the molecule is ClCc1cn2cccc(Br)c2n1. The van der Waals surface area contributed by atoms with Gasteiger partial charge in [0.25, 0.3) is 0 Å². The number of aromatic nitrogens is 2. The third-order valence-electron chi connectivity index (χ3n) is 1.62. The van der Waals surface area contributed by atoms with E-state index in [9.17, 15) is 0 Å². The van der Waals surface area contributed by atoms with Gasteiger partial charge in [-0.05, 0) is 28.1 Å². The highest BCUT2D eigenvalue weighted by atomic mass is 79.9. The van der Waals surface area contributed by atoms with Crippen molar-refractivity contribution in [3.05, 3.63) is 34.7 Å². The molecular weight excluding hydrogens is 239 g/mol. The Morgan fingerprint density at radius 3 is 3.08 bits per heavy atom. The first-order chi connectivity index (χ1) is 5.81. The van der Waals surface area contributed by atoms with Crippen LogP contribution in [0.1, 0.15) is 5.69 Å². The molecule has 0 amide bonds. The second-order valence-corrected chi connectivity index (χ2v) is 3.57. The summed E-state index contributed by atoms with van der Waals surface area (Å²) >= 11 is 9.07. The zero-order chi connectivity index (χ0) is 8.55. The predicted octanol–water partition coefficient (Wildman–Crippen LogP) is 2.84. The molecule has 0 saturated heterocycles. The summed E-state index contributed by atoms with van der Waals surface area (Å²) in [5.41, 5.74) is 1.80. The Kier molecular flexibility index (Phi) is 2.07. The fourth-order valence-corrected chi connectivity index (χ4v) is 1.67. The molecule has 0 atom stereocenters. The lowest BCUT2D eigenvalue weighted by atomic mass is 10.5. The predicted molar refractivity (Wildman–Crippen MR) is 52.4 cm³/mol. The first kappa shape index (κ1) is 8.08. The van der Waals surface area contributed by atoms with E-state index in [0.717, 1.165) is 15.8 Å². The minimum absolute atomic E-state index is 0.453. The zero-order valence-corrected chi connectivity index (χ0v) is 8.51. The van der Waals surface area contributed by atoms with Crippen molar-refractivity contribution in [2.24, 2.45) is 0 Å². The van der Waals surface area contributed by atoms with Gasteiger partial charge in [0.05, 0.1) is 16.0 Å². The van der Waals surface area contributed by atoms with Gasteiger partial charge in [-0.2, -0.15) is 0 Å². The normalized spacial score (nSPS) is 10.8. The number of nitrogens with zero attached hydrogens (tertiary/aromatic N) is 2. The largest absolute Gasteiger partial charge is 0.306 e. The van der Waals surface area contributed by atoms with Crippen molar-refractivity contribution in [1.29, 1.82) is 0 Å². The Hall–Kier alpha value is -0.540. The van der Waals surface area contributed by atoms with Crippen molar-refractivity contribution in [1.82, 2.24) is 9.38 Å². The number of rotatable bonds is 1. The Labute approximate surface area is 83.3 Å². The van der Waals surface area contributed by atoms with Gasteiger partial charge in [-0.25, -0.2) is 4.98 Å². The van der Waals surface area contributed by atoms with Crippen LogP contribution in [0.4, 0.5) is 0 Å². The molecule has 0 bridgehead atoms. The van der Waals surface area contributed by atoms with E-state index in [1.54, 1.807) is 0 Å². The van der Waals surface area contributed by atoms with Gasteiger partial charge >= 0.3 is 0 Å². The van der Waals surface area contributed by atoms with Crippen molar-refractivity contribution in [2.75, 3.05) is 0 Å². The van der Waals surface area contributed by atoms with Gasteiger partial charge in [-0.15, -0.1) is 11.6 Å². The van der Waals surface area contributed by atoms with Gasteiger partial charge in [-0.1, -0.05) is 0 Å². The van der Waals surface area contributed by atoms with E-state index in [2.05, 4.69) is 20.9 Å². The van der Waals surface area contributed by atoms with Crippen LogP contribution in [0.15, 0.2) is 29.0 Å². The third kappa shape index (κ3) is 1.23. The fraction of sp³-hybridized carbons (Fsp3) is 0.125. The molecule has 0 radical (unpaired) electrons. The Bertz CT molecular complexity index is 410. The van der Waals surface area contributed by atoms with Crippen LogP contribution in [0.25, 0.3) is 5.65 Å². The van der Waals surface area contributed by atoms with Crippen LogP contribution in [0.2, 0.25) is 0 Å². The van der Waals surface area contributed by atoms with Crippen LogP contribution < -0.4 is 0 Å². The van der Waals surface area contributed by atoms with E-state index in [1.807, 2.05) is 28.9 Å². The van der Waals surface area contributed by atoms with E-state index >= 15 is 0 Å². The van der Waals surface area contributed by atoms with Crippen molar-refractivity contribution in [2.45, 2.75) is 5.88 Å². The highest BCUT2D eigenvalue weighted by Gasteiger charge is 2.02. The standard InChI is InChI=1S/C8H6BrClN2/c9-7-2-1-3-12-5-6(4-10)11-8(7)12/h1-3,5H,4H2. The van der Waals surface area contributed by atoms with E-state index < -0.39 is 0 Å². The molecule has 0 N–H and O–H groups in total. The summed E-state index contributed by atoms with van der Waals surface area (Å²) in [6, 6.07) is 3.91. The van der Waals surface area contributed by atoms with Gasteiger partial charge < -0.3 is 4.40 Å². The molecule has 2 heterocycles. The number of pyridine rings is 1. The number of hydrogen-bond acceptors (Lipinski definition) is 1. The molecule has 0 aliphatic heterocycles. The summed E-state index contributed by atoms with van der Waals surface area (Å²) < 4.78 is 2.93. The molecule has 0 aliphatic rings. The molecule has 12 heavy (non-hydrogen) atoms. The smallest absolute Gasteiger partial charge is 0.151 e. The second-order valence-electron chi connectivity index (χ2n) is 2.45.